The van der Waals surface area contributed by atoms with Crippen molar-refractivity contribution in [3.05, 3.63) is 83.7 Å². The number of aryl methyl sites for hydroxylation is 1. The molecule has 0 atom stereocenters. The number of fused-ring (bicyclic) bond motifs is 3. The fraction of sp³-hybridized carbons (Fsp3) is 0.214. The zero-order valence-electron chi connectivity index (χ0n) is 20.9. The van der Waals surface area contributed by atoms with Crippen molar-refractivity contribution in [2.24, 2.45) is 7.05 Å². The summed E-state index contributed by atoms with van der Waals surface area (Å²) in [5.41, 5.74) is 4.83. The molecule has 0 aliphatic carbocycles. The van der Waals surface area contributed by atoms with E-state index in [4.69, 9.17) is 4.74 Å². The van der Waals surface area contributed by atoms with E-state index < -0.39 is 11.7 Å². The second kappa shape index (κ2) is 8.64. The Labute approximate surface area is 208 Å². The summed E-state index contributed by atoms with van der Waals surface area (Å²) in [6.07, 6.45) is 4.83. The van der Waals surface area contributed by atoms with E-state index in [1.54, 1.807) is 47.8 Å². The molecule has 0 spiro atoms. The first-order valence-electron chi connectivity index (χ1n) is 11.6. The van der Waals surface area contributed by atoms with E-state index in [1.165, 1.54) is 4.90 Å². The molecular weight excluding hydrogens is 454 g/mol. The molecule has 3 heterocycles. The molecule has 0 saturated heterocycles. The number of carbonyl (C=O) groups is 1. The summed E-state index contributed by atoms with van der Waals surface area (Å²) in [5.74, 6) is 0. The number of nitrogens with zero attached hydrogens (tertiary/aromatic N) is 5. The molecule has 1 amide bonds. The molecule has 0 aliphatic heterocycles. The van der Waals surface area contributed by atoms with E-state index in [1.807, 2.05) is 69.4 Å². The van der Waals surface area contributed by atoms with Crippen LogP contribution in [0.5, 0.6) is 0 Å². The van der Waals surface area contributed by atoms with Crippen molar-refractivity contribution in [3.63, 3.8) is 0 Å². The number of rotatable bonds is 3. The third kappa shape index (κ3) is 4.11. The van der Waals surface area contributed by atoms with Gasteiger partial charge < -0.3 is 4.74 Å². The molecule has 0 N–H and O–H groups in total. The number of hydrogen-bond acceptors (Lipinski definition) is 5. The van der Waals surface area contributed by atoms with Gasteiger partial charge in [0.1, 0.15) is 5.60 Å². The lowest BCUT2D eigenvalue weighted by Crippen LogP contribution is -2.34. The van der Waals surface area contributed by atoms with E-state index >= 15 is 0 Å². The first kappa shape index (κ1) is 23.3. The van der Waals surface area contributed by atoms with Gasteiger partial charge >= 0.3 is 11.8 Å². The molecule has 2 aromatic carbocycles. The van der Waals surface area contributed by atoms with Crippen LogP contribution in [0.1, 0.15) is 20.8 Å². The largest absolute Gasteiger partial charge is 0.443 e. The minimum Gasteiger partial charge on any atom is -0.443 e. The number of anilines is 1. The first-order valence-corrected chi connectivity index (χ1v) is 11.6. The Kier molecular flexibility index (Phi) is 5.59. The molecule has 0 radical (unpaired) electrons. The van der Waals surface area contributed by atoms with Crippen LogP contribution in [0.2, 0.25) is 0 Å². The summed E-state index contributed by atoms with van der Waals surface area (Å²) in [7, 11) is 3.40. The van der Waals surface area contributed by atoms with E-state index in [0.717, 1.165) is 33.1 Å². The number of aromatic nitrogens is 4. The van der Waals surface area contributed by atoms with Gasteiger partial charge in [0, 0.05) is 43.1 Å². The summed E-state index contributed by atoms with van der Waals surface area (Å²) in [6, 6.07) is 17.2. The number of ether oxygens (including phenoxy) is 1. The quantitative estimate of drug-likeness (QED) is 0.349. The standard InChI is InChI=1S/C28H27N5O3/c1-28(2,3)36-27(35)31(4)20-9-11-21(12-10-20)33-25-22-15-18(19-7-6-14-29-16-19)8-13-23(22)30-17-24(25)32(5)26(33)34/h6-17H,1-5H3. The monoisotopic (exact) mass is 481 g/mol. The molecule has 8 heteroatoms. The van der Waals surface area contributed by atoms with Gasteiger partial charge in [0.15, 0.2) is 0 Å². The molecule has 0 bridgehead atoms. The van der Waals surface area contributed by atoms with Crippen LogP contribution < -0.4 is 10.6 Å². The molecule has 5 rings (SSSR count). The van der Waals surface area contributed by atoms with E-state index in [0.29, 0.717) is 11.4 Å². The lowest BCUT2D eigenvalue weighted by Gasteiger charge is -2.24. The molecule has 0 fully saturated rings. The zero-order chi connectivity index (χ0) is 25.6. The fourth-order valence-electron chi connectivity index (χ4n) is 4.21. The van der Waals surface area contributed by atoms with E-state index in [-0.39, 0.29) is 5.69 Å². The van der Waals surface area contributed by atoms with Gasteiger partial charge in [0.25, 0.3) is 0 Å². The number of amides is 1. The van der Waals surface area contributed by atoms with E-state index in [2.05, 4.69) is 9.97 Å². The number of hydrogen-bond donors (Lipinski definition) is 0. The molecule has 0 saturated carbocycles. The molecule has 0 unspecified atom stereocenters. The molecular formula is C28H27N5O3. The molecule has 3 aromatic heterocycles. The number of benzene rings is 2. The smallest absolute Gasteiger partial charge is 0.414 e. The van der Waals surface area contributed by atoms with Crippen LogP contribution in [0.25, 0.3) is 38.8 Å². The van der Waals surface area contributed by atoms with Gasteiger partial charge in [-0.3, -0.25) is 24.0 Å². The number of pyridine rings is 2. The van der Waals surface area contributed by atoms with Crippen LogP contribution >= 0.6 is 0 Å². The summed E-state index contributed by atoms with van der Waals surface area (Å²) < 4.78 is 8.74. The highest BCUT2D eigenvalue weighted by Gasteiger charge is 2.21. The first-order chi connectivity index (χ1) is 17.1. The van der Waals surface area contributed by atoms with Crippen molar-refractivity contribution in [3.8, 4) is 16.8 Å². The van der Waals surface area contributed by atoms with Crippen LogP contribution in [0, 0.1) is 0 Å². The van der Waals surface area contributed by atoms with Crippen LogP contribution in [0.4, 0.5) is 10.5 Å². The van der Waals surface area contributed by atoms with Crippen LogP contribution in [-0.4, -0.2) is 37.8 Å². The Morgan fingerprint density at radius 3 is 2.42 bits per heavy atom. The Balaban J connectivity index is 1.64. The molecule has 8 nitrogen and oxygen atoms in total. The summed E-state index contributed by atoms with van der Waals surface area (Å²) in [5, 5.41) is 0.863. The third-order valence-electron chi connectivity index (χ3n) is 6.04. The average molecular weight is 482 g/mol. The summed E-state index contributed by atoms with van der Waals surface area (Å²) in [6.45, 7) is 5.48. The minimum atomic E-state index is -0.592. The summed E-state index contributed by atoms with van der Waals surface area (Å²) in [4.78, 5) is 36.1. The maximum absolute atomic E-state index is 13.4. The van der Waals surface area contributed by atoms with Gasteiger partial charge in [-0.15, -0.1) is 0 Å². The average Bonchev–Trinajstić information content (AvgIpc) is 3.13. The van der Waals surface area contributed by atoms with Gasteiger partial charge in [-0.05, 0) is 68.8 Å². The van der Waals surface area contributed by atoms with Gasteiger partial charge in [0.2, 0.25) is 0 Å². The van der Waals surface area contributed by atoms with Crippen LogP contribution in [0.15, 0.2) is 78.0 Å². The molecule has 5 aromatic rings. The van der Waals surface area contributed by atoms with Gasteiger partial charge in [-0.1, -0.05) is 12.1 Å². The predicted molar refractivity (Wildman–Crippen MR) is 142 cm³/mol. The Morgan fingerprint density at radius 2 is 1.75 bits per heavy atom. The zero-order valence-corrected chi connectivity index (χ0v) is 20.9. The van der Waals surface area contributed by atoms with Gasteiger partial charge in [0.05, 0.1) is 28.4 Å². The van der Waals surface area contributed by atoms with Crippen molar-refractivity contribution in [1.29, 1.82) is 0 Å². The minimum absolute atomic E-state index is 0.181. The molecule has 182 valence electrons. The van der Waals surface area contributed by atoms with Crippen molar-refractivity contribution in [2.45, 2.75) is 26.4 Å². The van der Waals surface area contributed by atoms with Crippen LogP contribution in [0.3, 0.4) is 0 Å². The van der Waals surface area contributed by atoms with Crippen molar-refractivity contribution >= 4 is 33.7 Å². The van der Waals surface area contributed by atoms with E-state index in [9.17, 15) is 9.59 Å². The normalized spacial score (nSPS) is 11.7. The number of imidazole rings is 1. The van der Waals surface area contributed by atoms with Crippen molar-refractivity contribution < 1.29 is 9.53 Å². The summed E-state index contributed by atoms with van der Waals surface area (Å²) >= 11 is 0. The van der Waals surface area contributed by atoms with Crippen LogP contribution in [-0.2, 0) is 11.8 Å². The lowest BCUT2D eigenvalue weighted by molar-refractivity contribution is 0.0589. The lowest BCUT2D eigenvalue weighted by atomic mass is 10.0. The third-order valence-corrected chi connectivity index (χ3v) is 6.04. The number of carbonyl (C=O) groups excluding carboxylic acids is 1. The maximum Gasteiger partial charge on any atom is 0.414 e. The van der Waals surface area contributed by atoms with Gasteiger partial charge in [-0.25, -0.2) is 9.59 Å². The Hall–Kier alpha value is -4.46. The van der Waals surface area contributed by atoms with Crippen molar-refractivity contribution in [2.75, 3.05) is 11.9 Å². The topological polar surface area (TPSA) is 82.2 Å². The predicted octanol–water partition coefficient (Wildman–Crippen LogP) is 5.31. The highest BCUT2D eigenvalue weighted by molar-refractivity contribution is 6.04. The fourth-order valence-corrected chi connectivity index (χ4v) is 4.21. The molecule has 0 aliphatic rings. The highest BCUT2D eigenvalue weighted by Crippen LogP contribution is 2.30. The molecule has 36 heavy (non-hydrogen) atoms. The SMILES string of the molecule is CN(C(=O)OC(C)(C)C)c1ccc(-n2c(=O)n(C)c3cnc4ccc(-c5cccnc5)cc4c32)cc1. The maximum atomic E-state index is 13.4. The Bertz CT molecular complexity index is 1650. The van der Waals surface area contributed by atoms with Gasteiger partial charge in [-0.2, -0.15) is 0 Å². The second-order valence-corrected chi connectivity index (χ2v) is 9.70. The highest BCUT2D eigenvalue weighted by atomic mass is 16.6. The Morgan fingerprint density at radius 1 is 1.00 bits per heavy atom. The van der Waals surface area contributed by atoms with Crippen molar-refractivity contribution in [1.82, 2.24) is 19.1 Å². The second-order valence-electron chi connectivity index (χ2n) is 9.70.